The maximum absolute atomic E-state index is 12.1. The van der Waals surface area contributed by atoms with Gasteiger partial charge in [0.2, 0.25) is 5.91 Å². The van der Waals surface area contributed by atoms with Gasteiger partial charge >= 0.3 is 0 Å². The van der Waals surface area contributed by atoms with Gasteiger partial charge in [-0.3, -0.25) is 9.69 Å². The molecule has 22 heavy (non-hydrogen) atoms. The van der Waals surface area contributed by atoms with Crippen LogP contribution in [-0.4, -0.2) is 27.8 Å². The number of hydrogen-bond donors (Lipinski definition) is 3. The lowest BCUT2D eigenvalue weighted by Crippen LogP contribution is -2.39. The zero-order valence-electron chi connectivity index (χ0n) is 11.9. The molecule has 0 bridgehead atoms. The Morgan fingerprint density at radius 1 is 1.14 bits per heavy atom. The molecule has 0 aliphatic carbocycles. The molecule has 2 aromatic rings. The number of rotatable bonds is 1. The van der Waals surface area contributed by atoms with Crippen LogP contribution in [0.4, 0.5) is 5.69 Å². The first-order valence-electron chi connectivity index (χ1n) is 6.75. The van der Waals surface area contributed by atoms with Gasteiger partial charge in [0.25, 0.3) is 0 Å². The van der Waals surface area contributed by atoms with Gasteiger partial charge in [-0.15, -0.1) is 0 Å². The fourth-order valence-electron chi connectivity index (χ4n) is 2.65. The number of anilines is 1. The highest BCUT2D eigenvalue weighted by Gasteiger charge is 2.34. The second-order valence-corrected chi connectivity index (χ2v) is 5.12. The van der Waals surface area contributed by atoms with E-state index in [1.54, 1.807) is 12.1 Å². The lowest BCUT2D eigenvalue weighted by atomic mass is 10.0. The lowest BCUT2D eigenvalue weighted by Gasteiger charge is -2.37. The van der Waals surface area contributed by atoms with Crippen molar-refractivity contribution >= 4 is 11.6 Å². The highest BCUT2D eigenvalue weighted by Crippen LogP contribution is 2.47. The molecule has 3 rings (SSSR count). The van der Waals surface area contributed by atoms with Gasteiger partial charge in [0, 0.05) is 19.1 Å². The molecule has 6 nitrogen and oxygen atoms in total. The fraction of sp³-hybridized carbons (Fsp3) is 0.188. The standard InChI is InChI=1S/C16H15NO5/c1-9(18)17-13(10-2-4-11(19)5-3-10)8-22-15-7-12(20)6-14(21)16(15)17/h2-7,13,19-21H,8H2,1H3. The van der Waals surface area contributed by atoms with Crippen LogP contribution in [-0.2, 0) is 4.79 Å². The summed E-state index contributed by atoms with van der Waals surface area (Å²) in [6.07, 6.45) is 0. The number of amides is 1. The Kier molecular flexibility index (Phi) is 3.29. The summed E-state index contributed by atoms with van der Waals surface area (Å²) in [5.41, 5.74) is 1.00. The molecule has 6 heteroatoms. The summed E-state index contributed by atoms with van der Waals surface area (Å²) >= 11 is 0. The average Bonchev–Trinajstić information content (AvgIpc) is 2.46. The minimum atomic E-state index is -0.430. The summed E-state index contributed by atoms with van der Waals surface area (Å²) in [7, 11) is 0. The Morgan fingerprint density at radius 3 is 2.45 bits per heavy atom. The second kappa shape index (κ2) is 5.14. The summed E-state index contributed by atoms with van der Waals surface area (Å²) in [6, 6.07) is 8.54. The van der Waals surface area contributed by atoms with E-state index < -0.39 is 6.04 Å². The number of carbonyl (C=O) groups is 1. The average molecular weight is 301 g/mol. The first kappa shape index (κ1) is 14.1. The Bertz CT molecular complexity index is 726. The first-order chi connectivity index (χ1) is 10.5. The largest absolute Gasteiger partial charge is 0.508 e. The maximum Gasteiger partial charge on any atom is 0.224 e. The van der Waals surface area contributed by atoms with Crippen LogP contribution in [0.15, 0.2) is 36.4 Å². The van der Waals surface area contributed by atoms with E-state index in [0.717, 1.165) is 11.6 Å². The molecular formula is C16H15NO5. The molecule has 0 saturated heterocycles. The van der Waals surface area contributed by atoms with Crippen molar-refractivity contribution in [1.29, 1.82) is 0 Å². The quantitative estimate of drug-likeness (QED) is 0.752. The zero-order chi connectivity index (χ0) is 15.9. The smallest absolute Gasteiger partial charge is 0.224 e. The van der Waals surface area contributed by atoms with Crippen molar-refractivity contribution in [3.05, 3.63) is 42.0 Å². The highest BCUT2D eigenvalue weighted by atomic mass is 16.5. The van der Waals surface area contributed by atoms with E-state index in [2.05, 4.69) is 0 Å². The van der Waals surface area contributed by atoms with Crippen LogP contribution >= 0.6 is 0 Å². The Labute approximate surface area is 126 Å². The van der Waals surface area contributed by atoms with E-state index in [1.807, 2.05) is 0 Å². The van der Waals surface area contributed by atoms with Gasteiger partial charge in [-0.25, -0.2) is 0 Å². The SMILES string of the molecule is CC(=O)N1c2c(O)cc(O)cc2OCC1c1ccc(O)cc1. The van der Waals surface area contributed by atoms with Gasteiger partial charge in [0.15, 0.2) is 5.75 Å². The second-order valence-electron chi connectivity index (χ2n) is 5.12. The first-order valence-corrected chi connectivity index (χ1v) is 6.75. The number of hydrogen-bond acceptors (Lipinski definition) is 5. The molecule has 1 aliphatic heterocycles. The van der Waals surface area contributed by atoms with Crippen LogP contribution in [0, 0.1) is 0 Å². The van der Waals surface area contributed by atoms with Crippen LogP contribution in [0.25, 0.3) is 0 Å². The monoisotopic (exact) mass is 301 g/mol. The normalized spacial score (nSPS) is 16.8. The van der Waals surface area contributed by atoms with Crippen molar-refractivity contribution < 1.29 is 24.9 Å². The van der Waals surface area contributed by atoms with Gasteiger partial charge < -0.3 is 20.1 Å². The van der Waals surface area contributed by atoms with Gasteiger partial charge in [0.1, 0.15) is 29.5 Å². The molecule has 1 aliphatic rings. The number of phenols is 3. The van der Waals surface area contributed by atoms with Crippen LogP contribution in [0.2, 0.25) is 0 Å². The number of fused-ring (bicyclic) bond motifs is 1. The minimum absolute atomic E-state index is 0.128. The predicted molar refractivity (Wildman–Crippen MR) is 79.3 cm³/mol. The molecule has 0 fully saturated rings. The van der Waals surface area contributed by atoms with Crippen molar-refractivity contribution in [2.45, 2.75) is 13.0 Å². The summed E-state index contributed by atoms with van der Waals surface area (Å²) in [5.74, 6) is -0.245. The van der Waals surface area contributed by atoms with Gasteiger partial charge in [0.05, 0.1) is 6.04 Å². The molecule has 1 atom stereocenters. The van der Waals surface area contributed by atoms with Crippen LogP contribution in [0.3, 0.4) is 0 Å². The van der Waals surface area contributed by atoms with Gasteiger partial charge in [-0.1, -0.05) is 12.1 Å². The van der Waals surface area contributed by atoms with E-state index in [9.17, 15) is 20.1 Å². The summed E-state index contributed by atoms with van der Waals surface area (Å²) in [6.45, 7) is 1.58. The highest BCUT2D eigenvalue weighted by molar-refractivity contribution is 5.96. The van der Waals surface area contributed by atoms with E-state index in [-0.39, 0.29) is 41.2 Å². The summed E-state index contributed by atoms with van der Waals surface area (Å²) < 4.78 is 5.59. The predicted octanol–water partition coefficient (Wildman–Crippen LogP) is 2.29. The molecule has 1 heterocycles. The number of aromatic hydroxyl groups is 3. The Morgan fingerprint density at radius 2 is 1.82 bits per heavy atom. The lowest BCUT2D eigenvalue weighted by molar-refractivity contribution is -0.117. The van der Waals surface area contributed by atoms with Crippen LogP contribution in [0.5, 0.6) is 23.0 Å². The van der Waals surface area contributed by atoms with E-state index in [1.165, 1.54) is 30.0 Å². The van der Waals surface area contributed by atoms with E-state index in [0.29, 0.717) is 0 Å². The van der Waals surface area contributed by atoms with Crippen molar-refractivity contribution in [1.82, 2.24) is 0 Å². The van der Waals surface area contributed by atoms with E-state index >= 15 is 0 Å². The molecule has 0 saturated carbocycles. The van der Waals surface area contributed by atoms with Crippen molar-refractivity contribution in [2.75, 3.05) is 11.5 Å². The molecule has 1 amide bonds. The van der Waals surface area contributed by atoms with Crippen LogP contribution in [0.1, 0.15) is 18.5 Å². The van der Waals surface area contributed by atoms with Crippen LogP contribution < -0.4 is 9.64 Å². The molecule has 114 valence electrons. The number of phenolic OH excluding ortho intramolecular Hbond substituents is 3. The van der Waals surface area contributed by atoms with Crippen molar-refractivity contribution in [3.63, 3.8) is 0 Å². The molecule has 1 unspecified atom stereocenters. The molecule has 3 N–H and O–H groups in total. The topological polar surface area (TPSA) is 90.2 Å². The molecule has 0 radical (unpaired) electrons. The Hall–Kier alpha value is -2.89. The minimum Gasteiger partial charge on any atom is -0.508 e. The molecule has 2 aromatic carbocycles. The maximum atomic E-state index is 12.1. The summed E-state index contributed by atoms with van der Waals surface area (Å²) in [4.78, 5) is 13.5. The number of ether oxygens (including phenoxy) is 1. The van der Waals surface area contributed by atoms with Gasteiger partial charge in [-0.05, 0) is 17.7 Å². The third-order valence-corrected chi connectivity index (χ3v) is 3.61. The number of carbonyl (C=O) groups excluding carboxylic acids is 1. The van der Waals surface area contributed by atoms with E-state index in [4.69, 9.17) is 4.74 Å². The third kappa shape index (κ3) is 2.28. The van der Waals surface area contributed by atoms with Crippen molar-refractivity contribution in [2.24, 2.45) is 0 Å². The van der Waals surface area contributed by atoms with Gasteiger partial charge in [-0.2, -0.15) is 0 Å². The number of benzene rings is 2. The Balaban J connectivity index is 2.10. The number of nitrogens with zero attached hydrogens (tertiary/aromatic N) is 1. The third-order valence-electron chi connectivity index (χ3n) is 3.61. The fourth-order valence-corrected chi connectivity index (χ4v) is 2.65. The zero-order valence-corrected chi connectivity index (χ0v) is 11.9. The summed E-state index contributed by atoms with van der Waals surface area (Å²) in [5, 5.41) is 29.0. The molecule has 0 aromatic heterocycles. The molecular weight excluding hydrogens is 286 g/mol. The van der Waals surface area contributed by atoms with Crippen molar-refractivity contribution in [3.8, 4) is 23.0 Å². The molecule has 0 spiro atoms.